The molecular weight excluding hydrogens is 492 g/mol. The predicted molar refractivity (Wildman–Crippen MR) is 126 cm³/mol. The Morgan fingerprint density at radius 2 is 1.64 bits per heavy atom. The fourth-order valence-corrected chi connectivity index (χ4v) is 4.52. The van der Waals surface area contributed by atoms with E-state index in [0.717, 1.165) is 21.1 Å². The first kappa shape index (κ1) is 21.7. The molecule has 170 valence electrons. The van der Waals surface area contributed by atoms with Crippen molar-refractivity contribution in [3.05, 3.63) is 82.4 Å². The smallest absolute Gasteiger partial charge is 0.225 e. The van der Waals surface area contributed by atoms with Gasteiger partial charge >= 0.3 is 0 Å². The average Bonchev–Trinajstić information content (AvgIpc) is 3.21. The van der Waals surface area contributed by atoms with Crippen LogP contribution < -0.4 is 15.5 Å². The van der Waals surface area contributed by atoms with Crippen molar-refractivity contribution in [1.82, 2.24) is 19.6 Å². The number of piperazine rings is 1. The summed E-state index contributed by atoms with van der Waals surface area (Å²) >= 11 is 3.43. The molecule has 1 atom stereocenters. The topological polar surface area (TPSA) is 75.6 Å². The van der Waals surface area contributed by atoms with Crippen molar-refractivity contribution in [3.63, 3.8) is 0 Å². The van der Waals surface area contributed by atoms with Gasteiger partial charge in [0.05, 0.1) is 11.7 Å². The van der Waals surface area contributed by atoms with Gasteiger partial charge in [-0.1, -0.05) is 12.1 Å². The number of hydrogen-bond acceptors (Lipinski definition) is 6. The fraction of sp³-hybridized carbons (Fsp3) is 0.261. The summed E-state index contributed by atoms with van der Waals surface area (Å²) in [5.74, 6) is 0.0213. The molecular formula is C23H22BrF2N7. The molecule has 0 unspecified atom stereocenters. The van der Waals surface area contributed by atoms with Crippen LogP contribution in [0, 0.1) is 11.6 Å². The molecule has 0 bridgehead atoms. The monoisotopic (exact) mass is 513 g/mol. The molecule has 0 radical (unpaired) electrons. The van der Waals surface area contributed by atoms with E-state index in [1.807, 2.05) is 17.2 Å². The van der Waals surface area contributed by atoms with Gasteiger partial charge in [-0.25, -0.2) is 23.3 Å². The normalized spacial score (nSPS) is 15.3. The molecule has 5 rings (SSSR count). The molecule has 1 aliphatic rings. The van der Waals surface area contributed by atoms with E-state index in [0.29, 0.717) is 44.2 Å². The van der Waals surface area contributed by atoms with E-state index in [-0.39, 0.29) is 17.7 Å². The maximum atomic E-state index is 14.6. The zero-order chi connectivity index (χ0) is 22.9. The van der Waals surface area contributed by atoms with Gasteiger partial charge in [0.25, 0.3) is 0 Å². The lowest BCUT2D eigenvalue weighted by Gasteiger charge is -2.36. The highest BCUT2D eigenvalue weighted by Crippen LogP contribution is 2.29. The van der Waals surface area contributed by atoms with Gasteiger partial charge in [-0.15, -0.1) is 0 Å². The second-order valence-electron chi connectivity index (χ2n) is 8.06. The number of benzene rings is 1. The highest BCUT2D eigenvalue weighted by Gasteiger charge is 2.24. The Hall–Kier alpha value is -3.11. The first-order valence-electron chi connectivity index (χ1n) is 10.6. The summed E-state index contributed by atoms with van der Waals surface area (Å²) in [5.41, 5.74) is 9.36. The molecule has 10 heteroatoms. The minimum Gasteiger partial charge on any atom is -0.364 e. The maximum Gasteiger partial charge on any atom is 0.225 e. The lowest BCUT2D eigenvalue weighted by Crippen LogP contribution is -2.47. The van der Waals surface area contributed by atoms with Crippen LogP contribution in [0.1, 0.15) is 17.2 Å². The summed E-state index contributed by atoms with van der Waals surface area (Å²) in [5, 5.41) is 4.10. The Morgan fingerprint density at radius 3 is 2.33 bits per heavy atom. The van der Waals surface area contributed by atoms with E-state index in [4.69, 9.17) is 5.73 Å². The number of rotatable bonds is 5. The highest BCUT2D eigenvalue weighted by atomic mass is 79.9. The fourth-order valence-electron chi connectivity index (χ4n) is 4.11. The molecule has 4 aromatic rings. The number of nitrogens with zero attached hydrogens (tertiary/aromatic N) is 6. The lowest BCUT2D eigenvalue weighted by atomic mass is 10.0. The van der Waals surface area contributed by atoms with Crippen molar-refractivity contribution in [2.24, 2.45) is 5.73 Å². The SMILES string of the molecule is N[C@@H](Cc1ccc(F)cc1)c1cnc(N2CCN(c3c(F)cnn4cc(Br)cc34)CC2)nc1. The summed E-state index contributed by atoms with van der Waals surface area (Å²) in [6.45, 7) is 2.59. The molecule has 3 aromatic heterocycles. The van der Waals surface area contributed by atoms with E-state index in [1.54, 1.807) is 29.0 Å². The van der Waals surface area contributed by atoms with E-state index in [9.17, 15) is 8.78 Å². The Balaban J connectivity index is 1.24. The molecule has 33 heavy (non-hydrogen) atoms. The van der Waals surface area contributed by atoms with Gasteiger partial charge in [0.1, 0.15) is 11.5 Å². The van der Waals surface area contributed by atoms with Crippen LogP contribution >= 0.6 is 15.9 Å². The molecule has 1 fully saturated rings. The third kappa shape index (κ3) is 4.53. The maximum absolute atomic E-state index is 14.6. The van der Waals surface area contributed by atoms with Crippen LogP contribution in [0.25, 0.3) is 5.52 Å². The predicted octanol–water partition coefficient (Wildman–Crippen LogP) is 3.73. The van der Waals surface area contributed by atoms with Gasteiger partial charge in [0.15, 0.2) is 5.82 Å². The number of hydrogen-bond donors (Lipinski definition) is 1. The van der Waals surface area contributed by atoms with Crippen molar-refractivity contribution >= 4 is 33.1 Å². The number of anilines is 2. The minimum atomic E-state index is -0.336. The Morgan fingerprint density at radius 1 is 0.970 bits per heavy atom. The van der Waals surface area contributed by atoms with Crippen molar-refractivity contribution in [3.8, 4) is 0 Å². The van der Waals surface area contributed by atoms with Crippen molar-refractivity contribution in [2.45, 2.75) is 12.5 Å². The molecule has 2 N–H and O–H groups in total. The van der Waals surface area contributed by atoms with E-state index >= 15 is 0 Å². The average molecular weight is 514 g/mol. The number of nitrogens with two attached hydrogens (primary N) is 1. The number of halogens is 3. The van der Waals surface area contributed by atoms with E-state index in [2.05, 4.69) is 35.9 Å². The van der Waals surface area contributed by atoms with Gasteiger partial charge in [-0.2, -0.15) is 5.10 Å². The lowest BCUT2D eigenvalue weighted by molar-refractivity contribution is 0.585. The van der Waals surface area contributed by atoms with Gasteiger partial charge in [-0.3, -0.25) is 0 Å². The van der Waals surface area contributed by atoms with Crippen LogP contribution in [0.15, 0.2) is 59.6 Å². The third-order valence-corrected chi connectivity index (χ3v) is 6.30. The zero-order valence-corrected chi connectivity index (χ0v) is 19.3. The molecule has 0 amide bonds. The van der Waals surface area contributed by atoms with Gasteiger partial charge in [0, 0.05) is 60.8 Å². The summed E-state index contributed by atoms with van der Waals surface area (Å²) in [4.78, 5) is 13.1. The quantitative estimate of drug-likeness (QED) is 0.438. The standard InChI is InChI=1S/C23H22BrF2N7/c24-17-10-21-22(19(26)13-30-33(21)14-17)31-5-7-32(8-6-31)23-28-11-16(12-29-23)20(27)9-15-1-3-18(25)4-2-15/h1-4,10-14,20H,5-9,27H2/t20-/m0/s1. The van der Waals surface area contributed by atoms with Crippen LogP contribution in [0.4, 0.5) is 20.4 Å². The molecule has 0 saturated carbocycles. The second-order valence-corrected chi connectivity index (χ2v) is 8.97. The summed E-state index contributed by atoms with van der Waals surface area (Å²) in [6.07, 6.45) is 7.12. The first-order valence-corrected chi connectivity index (χ1v) is 11.4. The highest BCUT2D eigenvalue weighted by molar-refractivity contribution is 9.10. The summed E-state index contributed by atoms with van der Waals surface area (Å²) in [6, 6.07) is 7.92. The minimum absolute atomic E-state index is 0.266. The third-order valence-electron chi connectivity index (χ3n) is 5.87. The largest absolute Gasteiger partial charge is 0.364 e. The first-order chi connectivity index (χ1) is 16.0. The van der Waals surface area contributed by atoms with E-state index in [1.165, 1.54) is 18.3 Å². The van der Waals surface area contributed by atoms with Crippen LogP contribution in [-0.4, -0.2) is 45.8 Å². The van der Waals surface area contributed by atoms with Crippen LogP contribution in [0.3, 0.4) is 0 Å². The molecule has 1 aromatic carbocycles. The van der Waals surface area contributed by atoms with Gasteiger partial charge in [0.2, 0.25) is 5.95 Å². The summed E-state index contributed by atoms with van der Waals surface area (Å²) < 4.78 is 30.2. The summed E-state index contributed by atoms with van der Waals surface area (Å²) in [7, 11) is 0. The van der Waals surface area contributed by atoms with Crippen LogP contribution in [0.5, 0.6) is 0 Å². The number of aromatic nitrogens is 4. The molecule has 4 heterocycles. The van der Waals surface area contributed by atoms with E-state index < -0.39 is 0 Å². The molecule has 0 spiro atoms. The molecule has 1 aliphatic heterocycles. The Kier molecular flexibility index (Phi) is 5.94. The zero-order valence-electron chi connectivity index (χ0n) is 17.7. The molecule has 7 nitrogen and oxygen atoms in total. The van der Waals surface area contributed by atoms with Crippen molar-refractivity contribution < 1.29 is 8.78 Å². The van der Waals surface area contributed by atoms with Crippen molar-refractivity contribution in [2.75, 3.05) is 36.0 Å². The second kappa shape index (κ2) is 9.03. The van der Waals surface area contributed by atoms with Crippen molar-refractivity contribution in [1.29, 1.82) is 0 Å². The van der Waals surface area contributed by atoms with Crippen LogP contribution in [-0.2, 0) is 6.42 Å². The molecule has 0 aliphatic carbocycles. The Labute approximate surface area is 198 Å². The van der Waals surface area contributed by atoms with Crippen LogP contribution in [0.2, 0.25) is 0 Å². The van der Waals surface area contributed by atoms with Gasteiger partial charge < -0.3 is 15.5 Å². The Bertz CT molecular complexity index is 1250. The molecule has 1 saturated heterocycles. The number of fused-ring (bicyclic) bond motifs is 1. The van der Waals surface area contributed by atoms with Gasteiger partial charge in [-0.05, 0) is 46.1 Å².